The number of carbonyl (C=O) groups excluding carboxylic acids is 1. The van der Waals surface area contributed by atoms with Gasteiger partial charge in [0.2, 0.25) is 21.1 Å². The summed E-state index contributed by atoms with van der Waals surface area (Å²) in [4.78, 5) is 11.6. The SMILES string of the molecule is CNS(=O)(=O)CC(=O)Nc1nnc(-c2ccccc2Cl)s1. The Hall–Kier alpha value is -1.55. The second-order valence-electron chi connectivity index (χ2n) is 3.90. The van der Waals surface area contributed by atoms with Gasteiger partial charge in [0.15, 0.2) is 5.01 Å². The number of halogens is 1. The van der Waals surface area contributed by atoms with E-state index in [0.29, 0.717) is 15.6 Å². The molecule has 0 unspecified atom stereocenters. The van der Waals surface area contributed by atoms with E-state index >= 15 is 0 Å². The molecule has 0 radical (unpaired) electrons. The molecular formula is C11H11ClN4O3S2. The van der Waals surface area contributed by atoms with Gasteiger partial charge >= 0.3 is 0 Å². The normalized spacial score (nSPS) is 11.3. The number of rotatable bonds is 5. The lowest BCUT2D eigenvalue weighted by Crippen LogP contribution is -2.30. The first-order valence-corrected chi connectivity index (χ1v) is 8.55. The van der Waals surface area contributed by atoms with Crippen molar-refractivity contribution in [3.8, 4) is 10.6 Å². The number of nitrogens with zero attached hydrogens (tertiary/aromatic N) is 2. The van der Waals surface area contributed by atoms with Crippen molar-refractivity contribution < 1.29 is 13.2 Å². The van der Waals surface area contributed by atoms with Crippen LogP contribution in [0.25, 0.3) is 10.6 Å². The summed E-state index contributed by atoms with van der Waals surface area (Å²) in [5.41, 5.74) is 0.694. The van der Waals surface area contributed by atoms with Gasteiger partial charge in [0.25, 0.3) is 0 Å². The monoisotopic (exact) mass is 346 g/mol. The van der Waals surface area contributed by atoms with Gasteiger partial charge in [0, 0.05) is 5.56 Å². The molecule has 1 aromatic heterocycles. The zero-order valence-corrected chi connectivity index (χ0v) is 13.2. The van der Waals surface area contributed by atoms with E-state index in [2.05, 4.69) is 20.2 Å². The molecule has 0 aliphatic carbocycles. The van der Waals surface area contributed by atoms with Crippen molar-refractivity contribution in [2.24, 2.45) is 0 Å². The molecule has 0 fully saturated rings. The molecule has 2 N–H and O–H groups in total. The van der Waals surface area contributed by atoms with Gasteiger partial charge in [-0.3, -0.25) is 10.1 Å². The third-order valence-electron chi connectivity index (χ3n) is 2.41. The highest BCUT2D eigenvalue weighted by Crippen LogP contribution is 2.31. The minimum absolute atomic E-state index is 0.209. The molecule has 7 nitrogen and oxygen atoms in total. The standard InChI is InChI=1S/C11H11ClN4O3S2/c1-13-21(18,19)6-9(17)14-11-16-15-10(20-11)7-4-2-3-5-8(7)12/h2-5,13H,6H2,1H3,(H,14,16,17). The maximum Gasteiger partial charge on any atom is 0.242 e. The Kier molecular flexibility index (Phi) is 4.88. The molecule has 0 saturated carbocycles. The molecular weight excluding hydrogens is 336 g/mol. The van der Waals surface area contributed by atoms with Gasteiger partial charge in [-0.15, -0.1) is 10.2 Å². The summed E-state index contributed by atoms with van der Waals surface area (Å²) in [5, 5.41) is 11.4. The fraction of sp³-hybridized carbons (Fsp3) is 0.182. The van der Waals surface area contributed by atoms with E-state index in [1.165, 1.54) is 7.05 Å². The predicted molar refractivity (Wildman–Crippen MR) is 81.8 cm³/mol. The molecule has 0 saturated heterocycles. The van der Waals surface area contributed by atoms with E-state index in [1.54, 1.807) is 24.3 Å². The molecule has 112 valence electrons. The Balaban J connectivity index is 2.11. The summed E-state index contributed by atoms with van der Waals surface area (Å²) in [6.45, 7) is 0. The molecule has 0 aliphatic heterocycles. The van der Waals surface area contributed by atoms with Crippen LogP contribution in [-0.2, 0) is 14.8 Å². The number of anilines is 1. The average molecular weight is 347 g/mol. The number of hydrogen-bond acceptors (Lipinski definition) is 6. The Morgan fingerprint density at radius 1 is 1.33 bits per heavy atom. The summed E-state index contributed by atoms with van der Waals surface area (Å²) < 4.78 is 24.6. The molecule has 0 aliphatic rings. The number of amides is 1. The molecule has 10 heteroatoms. The van der Waals surface area contributed by atoms with Gasteiger partial charge in [-0.05, 0) is 13.1 Å². The number of hydrogen-bond donors (Lipinski definition) is 2. The van der Waals surface area contributed by atoms with Gasteiger partial charge in [0.05, 0.1) is 5.02 Å². The minimum atomic E-state index is -3.62. The minimum Gasteiger partial charge on any atom is -0.300 e. The Bertz CT molecular complexity index is 760. The summed E-state index contributed by atoms with van der Waals surface area (Å²) in [7, 11) is -2.38. The Labute approximate surface area is 130 Å². The second kappa shape index (κ2) is 6.48. The highest BCUT2D eigenvalue weighted by Gasteiger charge is 2.16. The first kappa shape index (κ1) is 15.8. The molecule has 2 aromatic rings. The Morgan fingerprint density at radius 2 is 2.05 bits per heavy atom. The smallest absolute Gasteiger partial charge is 0.242 e. The van der Waals surface area contributed by atoms with Gasteiger partial charge in [-0.1, -0.05) is 41.1 Å². The fourth-order valence-corrected chi connectivity index (χ4v) is 3.06. The first-order valence-electron chi connectivity index (χ1n) is 5.71. The highest BCUT2D eigenvalue weighted by atomic mass is 35.5. The van der Waals surface area contributed by atoms with Crippen molar-refractivity contribution >= 4 is 44.0 Å². The predicted octanol–water partition coefficient (Wildman–Crippen LogP) is 1.35. The molecule has 1 amide bonds. The van der Waals surface area contributed by atoms with Crippen LogP contribution in [0.4, 0.5) is 5.13 Å². The van der Waals surface area contributed by atoms with Crippen LogP contribution in [0.1, 0.15) is 0 Å². The first-order chi connectivity index (χ1) is 9.91. The average Bonchev–Trinajstić information content (AvgIpc) is 2.86. The maximum atomic E-state index is 11.6. The second-order valence-corrected chi connectivity index (χ2v) is 7.21. The highest BCUT2D eigenvalue weighted by molar-refractivity contribution is 7.90. The zero-order chi connectivity index (χ0) is 15.5. The van der Waals surface area contributed by atoms with Crippen molar-refractivity contribution in [3.05, 3.63) is 29.3 Å². The molecule has 0 spiro atoms. The van der Waals surface area contributed by atoms with Crippen molar-refractivity contribution in [3.63, 3.8) is 0 Å². The third kappa shape index (κ3) is 4.21. The van der Waals surface area contributed by atoms with Crippen LogP contribution in [0.15, 0.2) is 24.3 Å². The van der Waals surface area contributed by atoms with E-state index in [1.807, 2.05) is 0 Å². The van der Waals surface area contributed by atoms with E-state index in [-0.39, 0.29) is 5.13 Å². The maximum absolute atomic E-state index is 11.6. The molecule has 1 aromatic carbocycles. The number of nitrogens with one attached hydrogen (secondary N) is 2. The van der Waals surface area contributed by atoms with E-state index in [4.69, 9.17) is 11.6 Å². The summed E-state index contributed by atoms with van der Waals surface area (Å²) in [6.07, 6.45) is 0. The summed E-state index contributed by atoms with van der Waals surface area (Å²) in [5.74, 6) is -1.36. The van der Waals surface area contributed by atoms with Crippen LogP contribution in [-0.4, -0.2) is 37.3 Å². The largest absolute Gasteiger partial charge is 0.300 e. The quantitative estimate of drug-likeness (QED) is 0.850. The van der Waals surface area contributed by atoms with E-state index < -0.39 is 21.7 Å². The number of aromatic nitrogens is 2. The van der Waals surface area contributed by atoms with Crippen molar-refractivity contribution in [1.82, 2.24) is 14.9 Å². The van der Waals surface area contributed by atoms with Crippen LogP contribution in [0, 0.1) is 0 Å². The number of carbonyl (C=O) groups is 1. The van der Waals surface area contributed by atoms with Crippen LogP contribution in [0.5, 0.6) is 0 Å². The topological polar surface area (TPSA) is 101 Å². The number of sulfonamides is 1. The van der Waals surface area contributed by atoms with Gasteiger partial charge in [-0.25, -0.2) is 13.1 Å². The molecule has 2 rings (SSSR count). The van der Waals surface area contributed by atoms with Gasteiger partial charge < -0.3 is 0 Å². The number of benzene rings is 1. The van der Waals surface area contributed by atoms with Crippen LogP contribution in [0.2, 0.25) is 5.02 Å². The third-order valence-corrected chi connectivity index (χ3v) is 4.87. The molecule has 21 heavy (non-hydrogen) atoms. The molecule has 1 heterocycles. The van der Waals surface area contributed by atoms with E-state index in [9.17, 15) is 13.2 Å². The van der Waals surface area contributed by atoms with Crippen LogP contribution >= 0.6 is 22.9 Å². The lowest BCUT2D eigenvalue weighted by atomic mass is 10.2. The van der Waals surface area contributed by atoms with Crippen LogP contribution < -0.4 is 10.0 Å². The van der Waals surface area contributed by atoms with Crippen LogP contribution in [0.3, 0.4) is 0 Å². The van der Waals surface area contributed by atoms with Crippen molar-refractivity contribution in [2.45, 2.75) is 0 Å². The lowest BCUT2D eigenvalue weighted by molar-refractivity contribution is -0.113. The van der Waals surface area contributed by atoms with Gasteiger partial charge in [0.1, 0.15) is 5.75 Å². The van der Waals surface area contributed by atoms with Crippen molar-refractivity contribution in [2.75, 3.05) is 18.1 Å². The lowest BCUT2D eigenvalue weighted by Gasteiger charge is -2.01. The molecule has 0 bridgehead atoms. The summed E-state index contributed by atoms with van der Waals surface area (Å²) >= 11 is 7.15. The van der Waals surface area contributed by atoms with Gasteiger partial charge in [-0.2, -0.15) is 0 Å². The fourth-order valence-electron chi connectivity index (χ4n) is 1.42. The van der Waals surface area contributed by atoms with E-state index in [0.717, 1.165) is 11.3 Å². The Morgan fingerprint density at radius 3 is 2.71 bits per heavy atom. The van der Waals surface area contributed by atoms with Crippen molar-refractivity contribution in [1.29, 1.82) is 0 Å². The summed E-state index contributed by atoms with van der Waals surface area (Å²) in [6, 6.07) is 7.09. The zero-order valence-electron chi connectivity index (χ0n) is 10.8. The molecule has 0 atom stereocenters.